The Bertz CT molecular complexity index is 1160. The second-order valence-corrected chi connectivity index (χ2v) is 8.84. The number of halogens is 1. The van der Waals surface area contributed by atoms with Crippen molar-refractivity contribution in [2.24, 2.45) is 10.2 Å². The maximum atomic E-state index is 14.2. The number of nitrogens with one attached hydrogen (secondary N) is 1. The van der Waals surface area contributed by atoms with Crippen LogP contribution in [-0.2, 0) is 11.3 Å². The molecule has 2 aliphatic heterocycles. The van der Waals surface area contributed by atoms with Crippen molar-refractivity contribution < 1.29 is 9.13 Å². The van der Waals surface area contributed by atoms with Crippen LogP contribution in [0, 0.1) is 5.82 Å². The molecule has 3 aromatic rings. The first-order valence-electron chi connectivity index (χ1n) is 12.1. The number of hydrogen-bond donors (Lipinski definition) is 1. The van der Waals surface area contributed by atoms with Gasteiger partial charge in [0.1, 0.15) is 6.54 Å². The van der Waals surface area contributed by atoms with E-state index in [9.17, 15) is 4.39 Å². The van der Waals surface area contributed by atoms with Crippen LogP contribution in [-0.4, -0.2) is 79.4 Å². The van der Waals surface area contributed by atoms with E-state index in [1.807, 2.05) is 17.0 Å². The topological polar surface area (TPSA) is 94.4 Å². The molecule has 0 radical (unpaired) electrons. The fourth-order valence-electron chi connectivity index (χ4n) is 4.14. The van der Waals surface area contributed by atoms with Gasteiger partial charge in [-0.05, 0) is 43.4 Å². The number of benzene rings is 1. The fraction of sp³-hybridized carbons (Fsp3) is 0.400. The Morgan fingerprint density at radius 2 is 1.64 bits per heavy atom. The second kappa shape index (κ2) is 11.4. The number of rotatable bonds is 7. The number of nitrogens with zero attached hydrogens (tertiary/aromatic N) is 8. The molecule has 0 atom stereocenters. The Labute approximate surface area is 209 Å². The van der Waals surface area contributed by atoms with Crippen LogP contribution in [0.4, 0.5) is 33.2 Å². The SMILES string of the molecule is CN1CCN(c2ccc(Nc3ccc(CN=Nc4ncc(F)c(N5CCOCC5)n4)nc3)cc2)CC1. The van der Waals surface area contributed by atoms with Gasteiger partial charge in [-0.15, -0.1) is 5.11 Å². The van der Waals surface area contributed by atoms with Crippen molar-refractivity contribution in [3.05, 3.63) is 60.3 Å². The first-order chi connectivity index (χ1) is 17.6. The van der Waals surface area contributed by atoms with Crippen LogP contribution in [0.15, 0.2) is 59.0 Å². The molecule has 0 spiro atoms. The predicted molar refractivity (Wildman–Crippen MR) is 137 cm³/mol. The quantitative estimate of drug-likeness (QED) is 0.501. The molecule has 4 heterocycles. The molecule has 0 unspecified atom stereocenters. The van der Waals surface area contributed by atoms with E-state index in [0.717, 1.165) is 49.4 Å². The first-order valence-corrected chi connectivity index (χ1v) is 12.1. The van der Waals surface area contributed by atoms with Crippen molar-refractivity contribution in [2.45, 2.75) is 6.54 Å². The lowest BCUT2D eigenvalue weighted by Crippen LogP contribution is -2.44. The lowest BCUT2D eigenvalue weighted by atomic mass is 10.2. The number of morpholine rings is 1. The lowest BCUT2D eigenvalue weighted by Gasteiger charge is -2.34. The molecule has 0 aliphatic carbocycles. The van der Waals surface area contributed by atoms with Gasteiger partial charge in [-0.3, -0.25) is 4.98 Å². The smallest absolute Gasteiger partial charge is 0.270 e. The minimum absolute atomic E-state index is 0.121. The van der Waals surface area contributed by atoms with Gasteiger partial charge in [-0.1, -0.05) is 0 Å². The van der Waals surface area contributed by atoms with Gasteiger partial charge in [-0.25, -0.2) is 9.37 Å². The molecule has 11 heteroatoms. The Morgan fingerprint density at radius 3 is 2.36 bits per heavy atom. The van der Waals surface area contributed by atoms with Gasteiger partial charge >= 0.3 is 0 Å². The summed E-state index contributed by atoms with van der Waals surface area (Å²) in [6, 6.07) is 12.3. The highest BCUT2D eigenvalue weighted by molar-refractivity contribution is 5.62. The van der Waals surface area contributed by atoms with Crippen molar-refractivity contribution >= 4 is 28.8 Å². The summed E-state index contributed by atoms with van der Waals surface area (Å²) >= 11 is 0. The summed E-state index contributed by atoms with van der Waals surface area (Å²) in [6.45, 7) is 6.78. The van der Waals surface area contributed by atoms with Gasteiger partial charge in [0.15, 0.2) is 11.6 Å². The van der Waals surface area contributed by atoms with Gasteiger partial charge in [-0.2, -0.15) is 10.1 Å². The average Bonchev–Trinajstić information content (AvgIpc) is 2.92. The summed E-state index contributed by atoms with van der Waals surface area (Å²) in [6.07, 6.45) is 2.90. The highest BCUT2D eigenvalue weighted by Gasteiger charge is 2.18. The molecular formula is C25H30FN9O. The van der Waals surface area contributed by atoms with E-state index in [1.54, 1.807) is 6.20 Å². The van der Waals surface area contributed by atoms with Crippen molar-refractivity contribution in [2.75, 3.05) is 74.6 Å². The van der Waals surface area contributed by atoms with Crippen LogP contribution >= 0.6 is 0 Å². The summed E-state index contributed by atoms with van der Waals surface area (Å²) in [4.78, 5) is 19.2. The zero-order chi connectivity index (χ0) is 24.7. The highest BCUT2D eigenvalue weighted by atomic mass is 19.1. The monoisotopic (exact) mass is 491 g/mol. The molecule has 0 saturated carbocycles. The molecule has 0 bridgehead atoms. The maximum Gasteiger partial charge on any atom is 0.270 e. The Hall–Kier alpha value is -3.70. The summed E-state index contributed by atoms with van der Waals surface area (Å²) in [7, 11) is 2.16. The molecule has 0 amide bonds. The summed E-state index contributed by atoms with van der Waals surface area (Å²) in [5.41, 5.74) is 3.90. The summed E-state index contributed by atoms with van der Waals surface area (Å²) in [5, 5.41) is 11.6. The number of hydrogen-bond acceptors (Lipinski definition) is 10. The largest absolute Gasteiger partial charge is 0.378 e. The van der Waals surface area contributed by atoms with Crippen LogP contribution in [0.1, 0.15) is 5.69 Å². The predicted octanol–water partition coefficient (Wildman–Crippen LogP) is 3.63. The molecule has 36 heavy (non-hydrogen) atoms. The molecule has 5 rings (SSSR count). The number of pyridine rings is 1. The standard InChI is InChI=1S/C25H30FN9O/c1-33-8-10-34(11-9-33)22-6-4-19(5-7-22)30-21-3-2-20(27-16-21)17-29-32-25-28-18-23(26)24(31-25)35-12-14-36-15-13-35/h2-7,16,18,30H,8-15,17H2,1H3. The molecular weight excluding hydrogens is 461 g/mol. The normalized spacial score (nSPS) is 17.1. The number of aromatic nitrogens is 3. The lowest BCUT2D eigenvalue weighted by molar-refractivity contribution is 0.122. The number of ether oxygens (including phenoxy) is 1. The van der Waals surface area contributed by atoms with E-state index in [2.05, 4.69) is 71.6 Å². The van der Waals surface area contributed by atoms with Crippen molar-refractivity contribution in [1.29, 1.82) is 0 Å². The molecule has 2 aromatic heterocycles. The molecule has 2 fully saturated rings. The third-order valence-corrected chi connectivity index (χ3v) is 6.27. The van der Waals surface area contributed by atoms with Crippen LogP contribution in [0.5, 0.6) is 0 Å². The van der Waals surface area contributed by atoms with Crippen LogP contribution in [0.25, 0.3) is 0 Å². The number of likely N-dealkylation sites (N-methyl/N-ethyl adjacent to an activating group) is 1. The zero-order valence-electron chi connectivity index (χ0n) is 20.3. The number of anilines is 4. The molecule has 10 nitrogen and oxygen atoms in total. The second-order valence-electron chi connectivity index (χ2n) is 8.84. The number of azo groups is 1. The Morgan fingerprint density at radius 1 is 0.889 bits per heavy atom. The first kappa shape index (κ1) is 24.0. The van der Waals surface area contributed by atoms with E-state index < -0.39 is 5.82 Å². The van der Waals surface area contributed by atoms with Crippen molar-refractivity contribution in [3.8, 4) is 0 Å². The Balaban J connectivity index is 1.14. The zero-order valence-corrected chi connectivity index (χ0v) is 20.3. The third kappa shape index (κ3) is 6.10. The highest BCUT2D eigenvalue weighted by Crippen LogP contribution is 2.23. The minimum Gasteiger partial charge on any atom is -0.378 e. The van der Waals surface area contributed by atoms with E-state index in [4.69, 9.17) is 4.74 Å². The summed E-state index contributed by atoms with van der Waals surface area (Å²) < 4.78 is 19.5. The molecule has 2 aliphatic rings. The molecule has 188 valence electrons. The van der Waals surface area contributed by atoms with Crippen LogP contribution in [0.2, 0.25) is 0 Å². The van der Waals surface area contributed by atoms with Crippen molar-refractivity contribution in [3.63, 3.8) is 0 Å². The van der Waals surface area contributed by atoms with E-state index >= 15 is 0 Å². The van der Waals surface area contributed by atoms with E-state index in [0.29, 0.717) is 26.3 Å². The molecule has 2 saturated heterocycles. The van der Waals surface area contributed by atoms with Crippen molar-refractivity contribution in [1.82, 2.24) is 19.9 Å². The van der Waals surface area contributed by atoms with Gasteiger partial charge in [0.2, 0.25) is 0 Å². The molecule has 1 N–H and O–H groups in total. The van der Waals surface area contributed by atoms with Crippen LogP contribution in [0.3, 0.4) is 0 Å². The third-order valence-electron chi connectivity index (χ3n) is 6.27. The van der Waals surface area contributed by atoms with Gasteiger partial charge < -0.3 is 24.8 Å². The Kier molecular flexibility index (Phi) is 7.58. The fourth-order valence-corrected chi connectivity index (χ4v) is 4.14. The van der Waals surface area contributed by atoms with E-state index in [-0.39, 0.29) is 18.3 Å². The number of piperazine rings is 1. The average molecular weight is 492 g/mol. The maximum absolute atomic E-state index is 14.2. The van der Waals surface area contributed by atoms with Gasteiger partial charge in [0.25, 0.3) is 5.95 Å². The van der Waals surface area contributed by atoms with E-state index in [1.165, 1.54) is 5.69 Å². The van der Waals surface area contributed by atoms with Crippen LogP contribution < -0.4 is 15.1 Å². The molecule has 1 aromatic carbocycles. The summed E-state index contributed by atoms with van der Waals surface area (Å²) in [5.74, 6) is -0.127. The van der Waals surface area contributed by atoms with Gasteiger partial charge in [0.05, 0.1) is 37.0 Å². The van der Waals surface area contributed by atoms with Gasteiger partial charge in [0, 0.05) is 50.6 Å². The minimum atomic E-state index is -0.477.